The van der Waals surface area contributed by atoms with Crippen molar-refractivity contribution in [3.63, 3.8) is 0 Å². The van der Waals surface area contributed by atoms with Crippen LogP contribution in [0.3, 0.4) is 0 Å². The second kappa shape index (κ2) is 7.65. The van der Waals surface area contributed by atoms with Crippen molar-refractivity contribution in [2.24, 2.45) is 4.99 Å². The molecule has 0 aromatic heterocycles. The van der Waals surface area contributed by atoms with Crippen LogP contribution in [0.5, 0.6) is 17.2 Å². The van der Waals surface area contributed by atoms with Crippen LogP contribution in [0.2, 0.25) is 0 Å². The highest BCUT2D eigenvalue weighted by Gasteiger charge is 2.62. The minimum Gasteiger partial charge on any atom is -0.493 e. The molecule has 2 atom stereocenters. The first-order valence-electron chi connectivity index (χ1n) is 9.81. The SMILES string of the molecule is COc1cc(C2=N[C@](c3ccccc3)([C@@]3(C)CCCO3)C(=O)O2)cc(OC)c1OC. The number of cyclic esters (lactones) is 1. The average Bonchev–Trinajstić information content (AvgIpc) is 3.38. The fraction of sp³-hybridized carbons (Fsp3) is 0.391. The Bertz CT molecular complexity index is 955. The lowest BCUT2D eigenvalue weighted by molar-refractivity contribution is -0.150. The Kier molecular flexibility index (Phi) is 5.15. The molecule has 0 radical (unpaired) electrons. The van der Waals surface area contributed by atoms with Crippen LogP contribution in [-0.2, 0) is 19.8 Å². The van der Waals surface area contributed by atoms with Crippen LogP contribution >= 0.6 is 0 Å². The van der Waals surface area contributed by atoms with Gasteiger partial charge in [0, 0.05) is 12.2 Å². The van der Waals surface area contributed by atoms with Crippen molar-refractivity contribution >= 4 is 11.9 Å². The quantitative estimate of drug-likeness (QED) is 0.678. The smallest absolute Gasteiger partial charge is 0.348 e. The van der Waals surface area contributed by atoms with Crippen LogP contribution in [-0.4, -0.2) is 45.4 Å². The van der Waals surface area contributed by atoms with E-state index in [0.29, 0.717) is 35.8 Å². The van der Waals surface area contributed by atoms with E-state index in [1.54, 1.807) is 12.1 Å². The molecule has 2 aliphatic rings. The van der Waals surface area contributed by atoms with E-state index in [4.69, 9.17) is 28.7 Å². The van der Waals surface area contributed by atoms with Gasteiger partial charge < -0.3 is 23.7 Å². The van der Waals surface area contributed by atoms with E-state index >= 15 is 0 Å². The molecule has 7 heteroatoms. The van der Waals surface area contributed by atoms with E-state index in [2.05, 4.69) is 0 Å². The number of carbonyl (C=O) groups is 1. The van der Waals surface area contributed by atoms with Crippen molar-refractivity contribution in [2.45, 2.75) is 30.9 Å². The van der Waals surface area contributed by atoms with E-state index in [1.165, 1.54) is 21.3 Å². The fourth-order valence-corrected chi connectivity index (χ4v) is 4.28. The Morgan fingerprint density at radius 2 is 1.67 bits per heavy atom. The largest absolute Gasteiger partial charge is 0.493 e. The molecule has 158 valence electrons. The Hall–Kier alpha value is -3.06. The summed E-state index contributed by atoms with van der Waals surface area (Å²) in [5.74, 6) is 1.09. The van der Waals surface area contributed by atoms with Crippen LogP contribution in [0, 0.1) is 0 Å². The molecule has 0 saturated carbocycles. The predicted molar refractivity (Wildman–Crippen MR) is 110 cm³/mol. The van der Waals surface area contributed by atoms with Gasteiger partial charge in [0.25, 0.3) is 0 Å². The Balaban J connectivity index is 1.90. The molecule has 0 spiro atoms. The third-order valence-electron chi connectivity index (χ3n) is 5.84. The number of carbonyl (C=O) groups excluding carboxylic acids is 1. The molecule has 0 amide bonds. The highest BCUT2D eigenvalue weighted by Crippen LogP contribution is 2.49. The van der Waals surface area contributed by atoms with Gasteiger partial charge in [-0.25, -0.2) is 9.79 Å². The third kappa shape index (κ3) is 2.92. The normalized spacial score (nSPS) is 25.6. The summed E-state index contributed by atoms with van der Waals surface area (Å²) >= 11 is 0. The first-order valence-corrected chi connectivity index (χ1v) is 9.81. The number of methoxy groups -OCH3 is 3. The maximum absolute atomic E-state index is 13.4. The molecule has 2 aliphatic heterocycles. The predicted octanol–water partition coefficient (Wildman–Crippen LogP) is 3.48. The molecule has 2 heterocycles. The molecular weight excluding hydrogens is 386 g/mol. The molecule has 4 rings (SSSR count). The zero-order chi connectivity index (χ0) is 21.4. The summed E-state index contributed by atoms with van der Waals surface area (Å²) < 4.78 is 28.1. The van der Waals surface area contributed by atoms with E-state index in [9.17, 15) is 4.79 Å². The number of hydrogen-bond donors (Lipinski definition) is 0. The van der Waals surface area contributed by atoms with Gasteiger partial charge in [0.15, 0.2) is 11.5 Å². The second-order valence-corrected chi connectivity index (χ2v) is 7.48. The number of hydrogen-bond acceptors (Lipinski definition) is 7. The fourth-order valence-electron chi connectivity index (χ4n) is 4.28. The monoisotopic (exact) mass is 411 g/mol. The first-order chi connectivity index (χ1) is 14.5. The number of aliphatic imine (C=N–C) groups is 1. The summed E-state index contributed by atoms with van der Waals surface area (Å²) in [5.41, 5.74) is -0.812. The van der Waals surface area contributed by atoms with Crippen molar-refractivity contribution in [1.82, 2.24) is 0 Å². The second-order valence-electron chi connectivity index (χ2n) is 7.48. The third-order valence-corrected chi connectivity index (χ3v) is 5.84. The molecule has 0 unspecified atom stereocenters. The van der Waals surface area contributed by atoms with Crippen molar-refractivity contribution in [1.29, 1.82) is 0 Å². The minimum atomic E-state index is -1.29. The van der Waals surface area contributed by atoms with Crippen molar-refractivity contribution in [3.8, 4) is 17.2 Å². The van der Waals surface area contributed by atoms with E-state index in [-0.39, 0.29) is 5.90 Å². The van der Waals surface area contributed by atoms with Crippen molar-refractivity contribution in [2.75, 3.05) is 27.9 Å². The van der Waals surface area contributed by atoms with Gasteiger partial charge in [0.05, 0.1) is 21.3 Å². The molecule has 1 fully saturated rings. The van der Waals surface area contributed by atoms with Crippen LogP contribution in [0.1, 0.15) is 30.9 Å². The number of benzene rings is 2. The Morgan fingerprint density at radius 1 is 1.00 bits per heavy atom. The van der Waals surface area contributed by atoms with Gasteiger partial charge >= 0.3 is 5.97 Å². The molecule has 7 nitrogen and oxygen atoms in total. The van der Waals surface area contributed by atoms with Gasteiger partial charge in [-0.05, 0) is 37.5 Å². The topological polar surface area (TPSA) is 75.6 Å². The summed E-state index contributed by atoms with van der Waals surface area (Å²) in [5, 5.41) is 0. The maximum Gasteiger partial charge on any atom is 0.348 e. The lowest BCUT2D eigenvalue weighted by Crippen LogP contribution is -2.52. The highest BCUT2D eigenvalue weighted by molar-refractivity contribution is 6.09. The van der Waals surface area contributed by atoms with Gasteiger partial charge in [-0.3, -0.25) is 0 Å². The molecule has 2 aromatic rings. The van der Waals surface area contributed by atoms with Gasteiger partial charge in [-0.1, -0.05) is 30.3 Å². The van der Waals surface area contributed by atoms with Crippen molar-refractivity contribution < 1.29 is 28.5 Å². The summed E-state index contributed by atoms with van der Waals surface area (Å²) in [4.78, 5) is 18.3. The highest BCUT2D eigenvalue weighted by atomic mass is 16.6. The lowest BCUT2D eigenvalue weighted by Gasteiger charge is -2.37. The number of nitrogens with zero attached hydrogens (tertiary/aromatic N) is 1. The van der Waals surface area contributed by atoms with Crippen LogP contribution in [0.15, 0.2) is 47.5 Å². The van der Waals surface area contributed by atoms with Crippen LogP contribution in [0.25, 0.3) is 0 Å². The number of esters is 1. The number of rotatable bonds is 6. The maximum atomic E-state index is 13.4. The molecule has 0 N–H and O–H groups in total. The van der Waals surface area contributed by atoms with Gasteiger partial charge in [-0.15, -0.1) is 0 Å². The van der Waals surface area contributed by atoms with E-state index in [0.717, 1.165) is 12.0 Å². The van der Waals surface area contributed by atoms with E-state index in [1.807, 2.05) is 37.3 Å². The standard InChI is InChI=1S/C23H25NO6/c1-22(11-8-12-29-22)23(16-9-6-5-7-10-16)21(25)30-20(24-23)15-13-17(26-2)19(28-4)18(14-15)27-3/h5-7,9-10,13-14H,8,11-12H2,1-4H3/t22-,23+/m1/s1. The average molecular weight is 411 g/mol. The number of ether oxygens (including phenoxy) is 5. The molecule has 30 heavy (non-hydrogen) atoms. The summed E-state index contributed by atoms with van der Waals surface area (Å²) in [6.45, 7) is 2.50. The van der Waals surface area contributed by atoms with Gasteiger partial charge in [0.2, 0.25) is 17.2 Å². The Labute approximate surface area is 175 Å². The van der Waals surface area contributed by atoms with Crippen LogP contribution in [0.4, 0.5) is 0 Å². The minimum absolute atomic E-state index is 0.194. The zero-order valence-electron chi connectivity index (χ0n) is 17.6. The molecular formula is C23H25NO6. The molecule has 0 bridgehead atoms. The first kappa shape index (κ1) is 20.2. The zero-order valence-corrected chi connectivity index (χ0v) is 17.6. The van der Waals surface area contributed by atoms with Gasteiger partial charge in [0.1, 0.15) is 5.60 Å². The Morgan fingerprint density at radius 3 is 2.20 bits per heavy atom. The summed E-state index contributed by atoms with van der Waals surface area (Å²) in [6, 6.07) is 12.9. The van der Waals surface area contributed by atoms with E-state index < -0.39 is 17.1 Å². The van der Waals surface area contributed by atoms with Crippen molar-refractivity contribution in [3.05, 3.63) is 53.6 Å². The molecule has 2 aromatic carbocycles. The van der Waals surface area contributed by atoms with Gasteiger partial charge in [-0.2, -0.15) is 0 Å². The summed E-state index contributed by atoms with van der Waals surface area (Å²) in [7, 11) is 4.60. The van der Waals surface area contributed by atoms with Crippen LogP contribution < -0.4 is 14.2 Å². The molecule has 0 aliphatic carbocycles. The summed E-state index contributed by atoms with van der Waals surface area (Å²) in [6.07, 6.45) is 1.55. The lowest BCUT2D eigenvalue weighted by atomic mass is 9.74. The molecule has 1 saturated heterocycles.